The summed E-state index contributed by atoms with van der Waals surface area (Å²) in [5.41, 5.74) is 0. The van der Waals surface area contributed by atoms with Gasteiger partial charge in [0.15, 0.2) is 6.10 Å². The molecule has 328 valence electrons. The van der Waals surface area contributed by atoms with Crippen molar-refractivity contribution < 1.29 is 28.6 Å². The number of hydrogen-bond donors (Lipinski definition) is 0. The van der Waals surface area contributed by atoms with E-state index >= 15 is 0 Å². The lowest BCUT2D eigenvalue weighted by Gasteiger charge is -2.18. The molecule has 0 saturated carbocycles. The molecule has 0 N–H and O–H groups in total. The molecule has 0 aliphatic carbocycles. The predicted molar refractivity (Wildman–Crippen MR) is 242 cm³/mol. The largest absolute Gasteiger partial charge is 0.462 e. The zero-order valence-corrected chi connectivity index (χ0v) is 37.3. The lowest BCUT2D eigenvalue weighted by Crippen LogP contribution is -2.30. The number of carbonyl (C=O) groups is 3. The summed E-state index contributed by atoms with van der Waals surface area (Å²) in [6, 6.07) is 0. The second-order valence-corrected chi connectivity index (χ2v) is 15.7. The van der Waals surface area contributed by atoms with Crippen molar-refractivity contribution in [3.8, 4) is 0 Å². The third kappa shape index (κ3) is 44.1. The molecule has 0 bridgehead atoms. The molecule has 6 heteroatoms. The van der Waals surface area contributed by atoms with Gasteiger partial charge in [-0.3, -0.25) is 14.4 Å². The molecule has 0 amide bonds. The SMILES string of the molecule is CCCC/C=C\CCCCCCCC(=O)O[C@H](COC(=O)CCCC/C=C\C/C=C\C/C=C\CCCCC)COC(=O)CCCCCCC/C=C\CCCCCC. The van der Waals surface area contributed by atoms with E-state index < -0.39 is 6.10 Å². The first-order valence-corrected chi connectivity index (χ1v) is 23.8. The Balaban J connectivity index is 4.45. The van der Waals surface area contributed by atoms with E-state index in [1.165, 1.54) is 96.3 Å². The highest BCUT2D eigenvalue weighted by Gasteiger charge is 2.19. The van der Waals surface area contributed by atoms with Crippen molar-refractivity contribution in [2.45, 2.75) is 232 Å². The first kappa shape index (κ1) is 54.1. The van der Waals surface area contributed by atoms with Crippen molar-refractivity contribution >= 4 is 17.9 Å². The van der Waals surface area contributed by atoms with Gasteiger partial charge in [0.2, 0.25) is 0 Å². The molecule has 0 unspecified atom stereocenters. The molecule has 0 fully saturated rings. The van der Waals surface area contributed by atoms with Gasteiger partial charge in [-0.05, 0) is 103 Å². The summed E-state index contributed by atoms with van der Waals surface area (Å²) in [4.78, 5) is 37.8. The van der Waals surface area contributed by atoms with Crippen LogP contribution in [-0.2, 0) is 28.6 Å². The van der Waals surface area contributed by atoms with Crippen molar-refractivity contribution in [3.63, 3.8) is 0 Å². The van der Waals surface area contributed by atoms with Crippen LogP contribution >= 0.6 is 0 Å². The minimum atomic E-state index is -0.794. The van der Waals surface area contributed by atoms with Crippen LogP contribution in [0.1, 0.15) is 226 Å². The number of allylic oxidation sites excluding steroid dienone is 10. The van der Waals surface area contributed by atoms with Gasteiger partial charge in [-0.25, -0.2) is 0 Å². The van der Waals surface area contributed by atoms with Crippen molar-refractivity contribution in [1.29, 1.82) is 0 Å². The van der Waals surface area contributed by atoms with Crippen LogP contribution < -0.4 is 0 Å². The summed E-state index contributed by atoms with van der Waals surface area (Å²) in [5.74, 6) is -0.954. The average molecular weight is 797 g/mol. The summed E-state index contributed by atoms with van der Waals surface area (Å²) in [7, 11) is 0. The summed E-state index contributed by atoms with van der Waals surface area (Å²) >= 11 is 0. The second kappa shape index (κ2) is 45.8. The van der Waals surface area contributed by atoms with Crippen LogP contribution in [0.4, 0.5) is 0 Å². The molecule has 0 aromatic rings. The van der Waals surface area contributed by atoms with E-state index in [0.29, 0.717) is 19.3 Å². The molecular weight excluding hydrogens is 709 g/mol. The monoisotopic (exact) mass is 797 g/mol. The van der Waals surface area contributed by atoms with Crippen molar-refractivity contribution in [3.05, 3.63) is 60.8 Å². The van der Waals surface area contributed by atoms with E-state index in [0.717, 1.165) is 89.9 Å². The number of esters is 3. The van der Waals surface area contributed by atoms with Crippen LogP contribution in [0.25, 0.3) is 0 Å². The Morgan fingerprint density at radius 2 is 0.649 bits per heavy atom. The molecule has 0 rings (SSSR count). The second-order valence-electron chi connectivity index (χ2n) is 15.7. The average Bonchev–Trinajstić information content (AvgIpc) is 3.21. The number of carbonyl (C=O) groups excluding carboxylic acids is 3. The van der Waals surface area contributed by atoms with Crippen LogP contribution in [0.2, 0.25) is 0 Å². The van der Waals surface area contributed by atoms with Gasteiger partial charge in [0.25, 0.3) is 0 Å². The smallest absolute Gasteiger partial charge is 0.306 e. The van der Waals surface area contributed by atoms with E-state index in [4.69, 9.17) is 14.2 Å². The third-order valence-corrected chi connectivity index (χ3v) is 9.96. The fraction of sp³-hybridized carbons (Fsp3) is 0.745. The minimum absolute atomic E-state index is 0.0944. The van der Waals surface area contributed by atoms with E-state index in [2.05, 4.69) is 81.5 Å². The van der Waals surface area contributed by atoms with Gasteiger partial charge in [0.05, 0.1) is 0 Å². The standard InChI is InChI=1S/C51H88O6/c1-4-7-10-13-16-19-22-24-25-27-30-32-35-38-41-44-50(53)56-47-48(57-51(54)45-42-39-36-33-28-21-18-15-12-9-6-3)46-55-49(52)43-40-37-34-31-29-26-23-20-17-14-11-8-5-2/h15-16,18-20,23-25,30,32,48H,4-14,17,21-22,26-29,31,33-47H2,1-3H3/b18-15-,19-16-,23-20-,25-24-,32-30-/t48-/m0/s1. The van der Waals surface area contributed by atoms with Gasteiger partial charge in [-0.1, -0.05) is 165 Å². The highest BCUT2D eigenvalue weighted by Crippen LogP contribution is 2.13. The predicted octanol–water partition coefficient (Wildman–Crippen LogP) is 15.3. The van der Waals surface area contributed by atoms with Crippen LogP contribution in [0.5, 0.6) is 0 Å². The van der Waals surface area contributed by atoms with Gasteiger partial charge >= 0.3 is 17.9 Å². The van der Waals surface area contributed by atoms with Crippen LogP contribution in [0.15, 0.2) is 60.8 Å². The molecule has 57 heavy (non-hydrogen) atoms. The van der Waals surface area contributed by atoms with E-state index in [9.17, 15) is 14.4 Å². The zero-order chi connectivity index (χ0) is 41.5. The summed E-state index contributed by atoms with van der Waals surface area (Å²) in [6.07, 6.45) is 54.8. The normalized spacial score (nSPS) is 12.5. The first-order chi connectivity index (χ1) is 28.0. The van der Waals surface area contributed by atoms with Crippen molar-refractivity contribution in [2.75, 3.05) is 13.2 Å². The van der Waals surface area contributed by atoms with Crippen molar-refractivity contribution in [2.24, 2.45) is 0 Å². The molecule has 1 atom stereocenters. The third-order valence-electron chi connectivity index (χ3n) is 9.96. The lowest BCUT2D eigenvalue weighted by atomic mass is 10.1. The number of hydrogen-bond acceptors (Lipinski definition) is 6. The topological polar surface area (TPSA) is 78.9 Å². The first-order valence-electron chi connectivity index (χ1n) is 23.8. The Labute approximate surface area is 351 Å². The highest BCUT2D eigenvalue weighted by atomic mass is 16.6. The summed E-state index contributed by atoms with van der Waals surface area (Å²) in [6.45, 7) is 6.49. The Bertz CT molecular complexity index is 1050. The van der Waals surface area contributed by atoms with Crippen LogP contribution in [-0.4, -0.2) is 37.2 Å². The fourth-order valence-corrected chi connectivity index (χ4v) is 6.30. The van der Waals surface area contributed by atoms with Crippen molar-refractivity contribution in [1.82, 2.24) is 0 Å². The van der Waals surface area contributed by atoms with Gasteiger partial charge in [-0.15, -0.1) is 0 Å². The molecule has 0 saturated heterocycles. The molecule has 0 aliphatic rings. The van der Waals surface area contributed by atoms with E-state index in [1.54, 1.807) is 0 Å². The fourth-order valence-electron chi connectivity index (χ4n) is 6.30. The Morgan fingerprint density at radius 1 is 0.351 bits per heavy atom. The maximum absolute atomic E-state index is 12.7. The maximum Gasteiger partial charge on any atom is 0.306 e. The Morgan fingerprint density at radius 3 is 1.12 bits per heavy atom. The van der Waals surface area contributed by atoms with E-state index in [1.807, 2.05) is 0 Å². The van der Waals surface area contributed by atoms with Gasteiger partial charge < -0.3 is 14.2 Å². The minimum Gasteiger partial charge on any atom is -0.462 e. The highest BCUT2D eigenvalue weighted by molar-refractivity contribution is 5.71. The number of rotatable bonds is 42. The number of unbranched alkanes of at least 4 members (excludes halogenated alkanes) is 21. The van der Waals surface area contributed by atoms with Crippen LogP contribution in [0, 0.1) is 0 Å². The molecule has 0 spiro atoms. The lowest BCUT2D eigenvalue weighted by molar-refractivity contribution is -0.167. The molecule has 0 heterocycles. The Hall–Kier alpha value is -2.89. The van der Waals surface area contributed by atoms with Crippen LogP contribution in [0.3, 0.4) is 0 Å². The summed E-state index contributed by atoms with van der Waals surface area (Å²) in [5, 5.41) is 0. The molecule has 0 aromatic heterocycles. The molecular formula is C51H88O6. The molecule has 0 aliphatic heterocycles. The quantitative estimate of drug-likeness (QED) is 0.0265. The van der Waals surface area contributed by atoms with E-state index in [-0.39, 0.29) is 31.1 Å². The van der Waals surface area contributed by atoms with Gasteiger partial charge in [0.1, 0.15) is 13.2 Å². The molecule has 6 nitrogen and oxygen atoms in total. The van der Waals surface area contributed by atoms with Gasteiger partial charge in [0, 0.05) is 19.3 Å². The Kier molecular flexibility index (Phi) is 43.5. The number of ether oxygens (including phenoxy) is 3. The molecule has 0 aromatic carbocycles. The summed E-state index contributed by atoms with van der Waals surface area (Å²) < 4.78 is 16.7. The maximum atomic E-state index is 12.7. The molecule has 0 radical (unpaired) electrons. The van der Waals surface area contributed by atoms with Gasteiger partial charge in [-0.2, -0.15) is 0 Å². The zero-order valence-electron chi connectivity index (χ0n) is 37.3.